The molecule has 0 aromatic heterocycles. The van der Waals surface area contributed by atoms with Crippen LogP contribution in [0.2, 0.25) is 0 Å². The fourth-order valence-electron chi connectivity index (χ4n) is 3.29. The molecule has 0 radical (unpaired) electrons. The molecule has 1 aliphatic carbocycles. The monoisotopic (exact) mass is 258 g/mol. The molecule has 2 nitrogen and oxygen atoms in total. The molecule has 1 heterocycles. The average Bonchev–Trinajstić information content (AvgIpc) is 3.27. The minimum atomic E-state index is 0.509. The fraction of sp³-hybridized carbons (Fsp3) is 0.647. The third-order valence-electron chi connectivity index (χ3n) is 4.66. The Morgan fingerprint density at radius 2 is 2.05 bits per heavy atom. The van der Waals surface area contributed by atoms with Gasteiger partial charge in [0.2, 0.25) is 0 Å². The zero-order chi connectivity index (χ0) is 13.1. The summed E-state index contributed by atoms with van der Waals surface area (Å²) in [5.41, 5.74) is 1.44. The molecule has 104 valence electrons. The predicted molar refractivity (Wildman–Crippen MR) is 80.1 cm³/mol. The molecule has 1 saturated heterocycles. The van der Waals surface area contributed by atoms with Crippen molar-refractivity contribution in [1.82, 2.24) is 10.2 Å². The van der Waals surface area contributed by atoms with Crippen LogP contribution in [0, 0.1) is 11.8 Å². The zero-order valence-electron chi connectivity index (χ0n) is 12.0. The summed E-state index contributed by atoms with van der Waals surface area (Å²) in [6.07, 6.45) is 4.21. The first kappa shape index (κ1) is 13.1. The fourth-order valence-corrected chi connectivity index (χ4v) is 3.29. The third-order valence-corrected chi connectivity index (χ3v) is 4.66. The van der Waals surface area contributed by atoms with Crippen LogP contribution in [0.25, 0.3) is 0 Å². The van der Waals surface area contributed by atoms with Crippen LogP contribution < -0.4 is 5.32 Å². The smallest absolute Gasteiger partial charge is 0.0449 e. The van der Waals surface area contributed by atoms with Crippen molar-refractivity contribution in [3.8, 4) is 0 Å². The van der Waals surface area contributed by atoms with Gasteiger partial charge in [0.25, 0.3) is 0 Å². The van der Waals surface area contributed by atoms with Gasteiger partial charge >= 0.3 is 0 Å². The molecule has 1 aromatic rings. The van der Waals surface area contributed by atoms with E-state index in [1.165, 1.54) is 44.5 Å². The number of hydrogen-bond acceptors (Lipinski definition) is 2. The van der Waals surface area contributed by atoms with Gasteiger partial charge in [-0.05, 0) is 49.8 Å². The molecular weight excluding hydrogens is 232 g/mol. The molecular formula is C17H26N2. The van der Waals surface area contributed by atoms with E-state index in [0.29, 0.717) is 6.04 Å². The summed E-state index contributed by atoms with van der Waals surface area (Å²) in [6, 6.07) is 11.4. The van der Waals surface area contributed by atoms with Gasteiger partial charge in [0.05, 0.1) is 0 Å². The van der Waals surface area contributed by atoms with Crippen molar-refractivity contribution in [2.75, 3.05) is 26.2 Å². The van der Waals surface area contributed by atoms with E-state index in [9.17, 15) is 0 Å². The topological polar surface area (TPSA) is 15.3 Å². The van der Waals surface area contributed by atoms with Crippen LogP contribution >= 0.6 is 0 Å². The standard InChI is InChI=1S/C17H26N2/c1-14(15-8-9-15)12-19-11-5-10-18-17(13-19)16-6-3-2-4-7-16/h2-4,6-7,14-15,17-18H,5,8-13H2,1H3. The van der Waals surface area contributed by atoms with Crippen molar-refractivity contribution in [2.24, 2.45) is 11.8 Å². The van der Waals surface area contributed by atoms with Crippen molar-refractivity contribution in [1.29, 1.82) is 0 Å². The van der Waals surface area contributed by atoms with Crippen molar-refractivity contribution >= 4 is 0 Å². The van der Waals surface area contributed by atoms with E-state index in [0.717, 1.165) is 18.4 Å². The normalized spacial score (nSPS) is 26.9. The molecule has 1 aromatic carbocycles. The van der Waals surface area contributed by atoms with Gasteiger partial charge in [0.1, 0.15) is 0 Å². The quantitative estimate of drug-likeness (QED) is 0.893. The number of rotatable bonds is 4. The summed E-state index contributed by atoms with van der Waals surface area (Å²) in [4.78, 5) is 2.68. The minimum absolute atomic E-state index is 0.509. The van der Waals surface area contributed by atoms with Crippen LogP contribution in [0.3, 0.4) is 0 Å². The van der Waals surface area contributed by atoms with Crippen LogP contribution in [0.4, 0.5) is 0 Å². The second-order valence-electron chi connectivity index (χ2n) is 6.35. The first-order chi connectivity index (χ1) is 9.33. The number of nitrogens with zero attached hydrogens (tertiary/aromatic N) is 1. The van der Waals surface area contributed by atoms with Gasteiger partial charge in [-0.25, -0.2) is 0 Å². The molecule has 19 heavy (non-hydrogen) atoms. The van der Waals surface area contributed by atoms with Crippen LogP contribution in [0.15, 0.2) is 30.3 Å². The van der Waals surface area contributed by atoms with E-state index in [1.807, 2.05) is 0 Å². The summed E-state index contributed by atoms with van der Waals surface area (Å²) in [5, 5.41) is 3.70. The second kappa shape index (κ2) is 6.06. The molecule has 2 fully saturated rings. The molecule has 1 aliphatic heterocycles. The number of nitrogens with one attached hydrogen (secondary N) is 1. The van der Waals surface area contributed by atoms with E-state index in [-0.39, 0.29) is 0 Å². The molecule has 2 atom stereocenters. The molecule has 2 heteroatoms. The van der Waals surface area contributed by atoms with E-state index >= 15 is 0 Å². The number of hydrogen-bond donors (Lipinski definition) is 1. The summed E-state index contributed by atoms with van der Waals surface area (Å²) in [7, 11) is 0. The van der Waals surface area contributed by atoms with E-state index < -0.39 is 0 Å². The molecule has 0 amide bonds. The van der Waals surface area contributed by atoms with Crippen molar-refractivity contribution in [2.45, 2.75) is 32.2 Å². The van der Waals surface area contributed by atoms with Crippen molar-refractivity contribution in [3.05, 3.63) is 35.9 Å². The Morgan fingerprint density at radius 3 is 2.79 bits per heavy atom. The van der Waals surface area contributed by atoms with Gasteiger partial charge in [0.15, 0.2) is 0 Å². The predicted octanol–water partition coefficient (Wildman–Crippen LogP) is 3.07. The van der Waals surface area contributed by atoms with Gasteiger partial charge in [0, 0.05) is 19.1 Å². The van der Waals surface area contributed by atoms with Gasteiger partial charge in [-0.1, -0.05) is 37.3 Å². The lowest BCUT2D eigenvalue weighted by atomic mass is 10.0. The summed E-state index contributed by atoms with van der Waals surface area (Å²) in [5.74, 6) is 1.90. The highest BCUT2D eigenvalue weighted by atomic mass is 15.2. The first-order valence-corrected chi connectivity index (χ1v) is 7.83. The van der Waals surface area contributed by atoms with Crippen LogP contribution in [-0.4, -0.2) is 31.1 Å². The van der Waals surface area contributed by atoms with Gasteiger partial charge in [-0.2, -0.15) is 0 Å². The van der Waals surface area contributed by atoms with E-state index in [4.69, 9.17) is 0 Å². The van der Waals surface area contributed by atoms with Crippen molar-refractivity contribution in [3.63, 3.8) is 0 Å². The Labute approximate surface area is 117 Å². The molecule has 2 unspecified atom stereocenters. The lowest BCUT2D eigenvalue weighted by Crippen LogP contribution is -2.34. The third kappa shape index (κ3) is 3.58. The maximum atomic E-state index is 3.70. The lowest BCUT2D eigenvalue weighted by molar-refractivity contribution is 0.223. The Kier molecular flexibility index (Phi) is 4.19. The van der Waals surface area contributed by atoms with Crippen LogP contribution in [0.1, 0.15) is 37.8 Å². The number of benzene rings is 1. The highest BCUT2D eigenvalue weighted by Crippen LogP contribution is 2.37. The maximum absolute atomic E-state index is 3.70. The Bertz CT molecular complexity index is 386. The van der Waals surface area contributed by atoms with E-state index in [2.05, 4.69) is 47.5 Å². The zero-order valence-corrected chi connectivity index (χ0v) is 12.0. The van der Waals surface area contributed by atoms with Gasteiger partial charge in [-0.15, -0.1) is 0 Å². The highest BCUT2D eigenvalue weighted by Gasteiger charge is 2.30. The molecule has 1 N–H and O–H groups in total. The SMILES string of the molecule is CC(CN1CCCNC(c2ccccc2)C1)C1CC1. The molecule has 3 rings (SSSR count). The summed E-state index contributed by atoms with van der Waals surface area (Å²) < 4.78 is 0. The summed E-state index contributed by atoms with van der Waals surface area (Å²) >= 11 is 0. The van der Waals surface area contributed by atoms with Crippen LogP contribution in [0.5, 0.6) is 0 Å². The largest absolute Gasteiger partial charge is 0.309 e. The Morgan fingerprint density at radius 1 is 1.26 bits per heavy atom. The average molecular weight is 258 g/mol. The Balaban J connectivity index is 1.62. The highest BCUT2D eigenvalue weighted by molar-refractivity contribution is 5.19. The Hall–Kier alpha value is -0.860. The molecule has 2 aliphatic rings. The maximum Gasteiger partial charge on any atom is 0.0449 e. The van der Waals surface area contributed by atoms with Crippen LogP contribution in [-0.2, 0) is 0 Å². The minimum Gasteiger partial charge on any atom is -0.309 e. The van der Waals surface area contributed by atoms with E-state index in [1.54, 1.807) is 0 Å². The lowest BCUT2D eigenvalue weighted by Gasteiger charge is -2.27. The van der Waals surface area contributed by atoms with Gasteiger partial charge < -0.3 is 10.2 Å². The first-order valence-electron chi connectivity index (χ1n) is 7.83. The molecule has 0 spiro atoms. The van der Waals surface area contributed by atoms with Crippen molar-refractivity contribution < 1.29 is 0 Å². The second-order valence-corrected chi connectivity index (χ2v) is 6.35. The molecule has 0 bridgehead atoms. The summed E-state index contributed by atoms with van der Waals surface area (Å²) in [6.45, 7) is 7.30. The van der Waals surface area contributed by atoms with Gasteiger partial charge in [-0.3, -0.25) is 0 Å². The molecule has 1 saturated carbocycles.